The molecule has 3 rings (SSSR count). The zero-order valence-electron chi connectivity index (χ0n) is 17.0. The molecule has 0 aromatic heterocycles. The molecular formula is C22H28ClN3O3. The van der Waals surface area contributed by atoms with Gasteiger partial charge in [0.05, 0.1) is 19.3 Å². The molecule has 0 aliphatic carbocycles. The molecule has 0 unspecified atom stereocenters. The van der Waals surface area contributed by atoms with Gasteiger partial charge in [-0.1, -0.05) is 29.8 Å². The third-order valence-corrected chi connectivity index (χ3v) is 5.41. The molecule has 1 fully saturated rings. The predicted octanol–water partition coefficient (Wildman–Crippen LogP) is 3.29. The van der Waals surface area contributed by atoms with Gasteiger partial charge in [0.15, 0.2) is 0 Å². The molecule has 2 aromatic carbocycles. The summed E-state index contributed by atoms with van der Waals surface area (Å²) in [5.41, 5.74) is 1.55. The van der Waals surface area contributed by atoms with Crippen molar-refractivity contribution in [1.82, 2.24) is 9.80 Å². The Kier molecular flexibility index (Phi) is 7.75. The SMILES string of the molecule is COc1cc(Cl)c(C)cc1NC(=O)CN1CCN(CCOc2ccccc2)CC1. The second-order valence-corrected chi connectivity index (χ2v) is 7.54. The van der Waals surface area contributed by atoms with E-state index in [9.17, 15) is 4.79 Å². The van der Waals surface area contributed by atoms with Crippen LogP contribution in [0.5, 0.6) is 11.5 Å². The van der Waals surface area contributed by atoms with E-state index in [1.807, 2.05) is 43.3 Å². The first-order chi connectivity index (χ1) is 14.0. The van der Waals surface area contributed by atoms with E-state index in [1.165, 1.54) is 0 Å². The summed E-state index contributed by atoms with van der Waals surface area (Å²) in [6, 6.07) is 13.4. The van der Waals surface area contributed by atoms with Crippen LogP contribution < -0.4 is 14.8 Å². The summed E-state index contributed by atoms with van der Waals surface area (Å²) in [4.78, 5) is 17.0. The number of aryl methyl sites for hydroxylation is 1. The van der Waals surface area contributed by atoms with Crippen LogP contribution in [0.15, 0.2) is 42.5 Å². The van der Waals surface area contributed by atoms with Gasteiger partial charge in [0.25, 0.3) is 0 Å². The average molecular weight is 418 g/mol. The highest BCUT2D eigenvalue weighted by molar-refractivity contribution is 6.31. The second kappa shape index (κ2) is 10.5. The van der Waals surface area contributed by atoms with Gasteiger partial charge in [-0.15, -0.1) is 0 Å². The highest BCUT2D eigenvalue weighted by Crippen LogP contribution is 2.30. The molecule has 156 valence electrons. The summed E-state index contributed by atoms with van der Waals surface area (Å²) in [5.74, 6) is 1.42. The quantitative estimate of drug-likeness (QED) is 0.714. The highest BCUT2D eigenvalue weighted by Gasteiger charge is 2.19. The van der Waals surface area contributed by atoms with Gasteiger partial charge in [-0.05, 0) is 30.7 Å². The number of amides is 1. The number of nitrogens with zero attached hydrogens (tertiary/aromatic N) is 2. The summed E-state index contributed by atoms with van der Waals surface area (Å²) >= 11 is 6.13. The number of piperazine rings is 1. The van der Waals surface area contributed by atoms with Crippen LogP contribution in [0.25, 0.3) is 0 Å². The number of nitrogens with one attached hydrogen (secondary N) is 1. The van der Waals surface area contributed by atoms with Crippen LogP contribution in [-0.2, 0) is 4.79 Å². The van der Waals surface area contributed by atoms with Crippen LogP contribution in [0.1, 0.15) is 5.56 Å². The maximum absolute atomic E-state index is 12.5. The van der Waals surface area contributed by atoms with E-state index in [0.29, 0.717) is 29.6 Å². The Labute approximate surface area is 177 Å². The molecule has 1 aliphatic heterocycles. The topological polar surface area (TPSA) is 54.0 Å². The average Bonchev–Trinajstić information content (AvgIpc) is 2.72. The molecule has 1 saturated heterocycles. The molecule has 7 heteroatoms. The number of hydrogen-bond donors (Lipinski definition) is 1. The van der Waals surface area contributed by atoms with Crippen molar-refractivity contribution >= 4 is 23.2 Å². The van der Waals surface area contributed by atoms with Crippen molar-refractivity contribution in [2.24, 2.45) is 0 Å². The van der Waals surface area contributed by atoms with Gasteiger partial charge in [-0.3, -0.25) is 14.6 Å². The number of anilines is 1. The second-order valence-electron chi connectivity index (χ2n) is 7.13. The Morgan fingerprint density at radius 3 is 2.48 bits per heavy atom. The number of halogens is 1. The van der Waals surface area contributed by atoms with Crippen LogP contribution in [0.3, 0.4) is 0 Å². The summed E-state index contributed by atoms with van der Waals surface area (Å²) in [6.07, 6.45) is 0. The molecule has 1 heterocycles. The standard InChI is InChI=1S/C22H28ClN3O3/c1-17-14-20(21(28-2)15-19(17)23)24-22(27)16-26-10-8-25(9-11-26)12-13-29-18-6-4-3-5-7-18/h3-7,14-15H,8-13,16H2,1-2H3,(H,24,27). The third-order valence-electron chi connectivity index (χ3n) is 5.01. The van der Waals surface area contributed by atoms with Gasteiger partial charge in [-0.2, -0.15) is 0 Å². The molecule has 0 bridgehead atoms. The first-order valence-corrected chi connectivity index (χ1v) is 10.2. The predicted molar refractivity (Wildman–Crippen MR) is 116 cm³/mol. The fourth-order valence-corrected chi connectivity index (χ4v) is 3.46. The molecule has 6 nitrogen and oxygen atoms in total. The fraction of sp³-hybridized carbons (Fsp3) is 0.409. The van der Waals surface area contributed by atoms with Crippen molar-refractivity contribution in [3.63, 3.8) is 0 Å². The maximum Gasteiger partial charge on any atom is 0.238 e. The zero-order valence-corrected chi connectivity index (χ0v) is 17.7. The number of ether oxygens (including phenoxy) is 2. The lowest BCUT2D eigenvalue weighted by atomic mass is 10.2. The molecule has 0 radical (unpaired) electrons. The van der Waals surface area contributed by atoms with Crippen molar-refractivity contribution in [3.05, 3.63) is 53.1 Å². The molecule has 1 amide bonds. The van der Waals surface area contributed by atoms with Gasteiger partial charge in [0.1, 0.15) is 18.1 Å². The van der Waals surface area contributed by atoms with E-state index in [4.69, 9.17) is 21.1 Å². The third kappa shape index (κ3) is 6.35. The number of rotatable bonds is 8. The minimum Gasteiger partial charge on any atom is -0.495 e. The summed E-state index contributed by atoms with van der Waals surface area (Å²) in [5, 5.41) is 3.56. The minimum atomic E-state index is -0.0501. The van der Waals surface area contributed by atoms with Gasteiger partial charge in [-0.25, -0.2) is 0 Å². The lowest BCUT2D eigenvalue weighted by Crippen LogP contribution is -2.49. The number of para-hydroxylation sites is 1. The van der Waals surface area contributed by atoms with Gasteiger partial charge in [0.2, 0.25) is 5.91 Å². The van der Waals surface area contributed by atoms with Crippen molar-refractivity contribution in [2.75, 3.05) is 58.3 Å². The monoisotopic (exact) mass is 417 g/mol. The van der Waals surface area contributed by atoms with E-state index in [-0.39, 0.29) is 5.91 Å². The number of methoxy groups -OCH3 is 1. The van der Waals surface area contributed by atoms with E-state index < -0.39 is 0 Å². The summed E-state index contributed by atoms with van der Waals surface area (Å²) in [6.45, 7) is 7.38. The van der Waals surface area contributed by atoms with Gasteiger partial charge >= 0.3 is 0 Å². The van der Waals surface area contributed by atoms with Crippen LogP contribution in [0.4, 0.5) is 5.69 Å². The number of benzene rings is 2. The number of carbonyl (C=O) groups is 1. The fourth-order valence-electron chi connectivity index (χ4n) is 3.30. The highest BCUT2D eigenvalue weighted by atomic mass is 35.5. The minimum absolute atomic E-state index is 0.0501. The molecule has 1 aliphatic rings. The Morgan fingerprint density at radius 1 is 1.10 bits per heavy atom. The van der Waals surface area contributed by atoms with E-state index in [1.54, 1.807) is 13.2 Å². The van der Waals surface area contributed by atoms with Crippen LogP contribution in [-0.4, -0.2) is 68.7 Å². The summed E-state index contributed by atoms with van der Waals surface area (Å²) < 4.78 is 11.1. The first-order valence-electron chi connectivity index (χ1n) is 9.81. The molecule has 0 saturated carbocycles. The van der Waals surface area contributed by atoms with Crippen molar-refractivity contribution in [2.45, 2.75) is 6.92 Å². The Bertz CT molecular complexity index is 808. The Balaban J connectivity index is 1.40. The summed E-state index contributed by atoms with van der Waals surface area (Å²) in [7, 11) is 1.57. The van der Waals surface area contributed by atoms with E-state index >= 15 is 0 Å². The van der Waals surface area contributed by atoms with Crippen molar-refractivity contribution in [1.29, 1.82) is 0 Å². The van der Waals surface area contributed by atoms with Crippen LogP contribution in [0, 0.1) is 6.92 Å². The molecule has 0 spiro atoms. The van der Waals surface area contributed by atoms with Gasteiger partial charge in [0, 0.05) is 43.8 Å². The van der Waals surface area contributed by atoms with Gasteiger partial charge < -0.3 is 14.8 Å². The molecule has 0 atom stereocenters. The van der Waals surface area contributed by atoms with Crippen LogP contribution in [0.2, 0.25) is 5.02 Å². The van der Waals surface area contributed by atoms with E-state index in [0.717, 1.165) is 44.0 Å². The smallest absolute Gasteiger partial charge is 0.238 e. The molecule has 2 aromatic rings. The zero-order chi connectivity index (χ0) is 20.6. The lowest BCUT2D eigenvalue weighted by Gasteiger charge is -2.34. The van der Waals surface area contributed by atoms with Crippen molar-refractivity contribution < 1.29 is 14.3 Å². The molecular weight excluding hydrogens is 390 g/mol. The number of carbonyl (C=O) groups excluding carboxylic acids is 1. The maximum atomic E-state index is 12.5. The largest absolute Gasteiger partial charge is 0.495 e. The molecule has 29 heavy (non-hydrogen) atoms. The number of hydrogen-bond acceptors (Lipinski definition) is 5. The lowest BCUT2D eigenvalue weighted by molar-refractivity contribution is -0.117. The first kappa shape index (κ1) is 21.4. The van der Waals surface area contributed by atoms with Crippen LogP contribution >= 0.6 is 11.6 Å². The Morgan fingerprint density at radius 2 is 1.79 bits per heavy atom. The normalized spacial score (nSPS) is 15.1. The van der Waals surface area contributed by atoms with Crippen molar-refractivity contribution in [3.8, 4) is 11.5 Å². The molecule has 1 N–H and O–H groups in total. The Hall–Kier alpha value is -2.28. The van der Waals surface area contributed by atoms with E-state index in [2.05, 4.69) is 15.1 Å².